The molecule has 0 fully saturated rings. The van der Waals surface area contributed by atoms with Gasteiger partial charge < -0.3 is 5.32 Å². The molecule has 0 saturated heterocycles. The zero-order valence-corrected chi connectivity index (χ0v) is 13.8. The fraction of sp³-hybridized carbons (Fsp3) is 0.385. The first-order valence-electron chi connectivity index (χ1n) is 6.59. The van der Waals surface area contributed by atoms with Gasteiger partial charge in [0.1, 0.15) is 5.82 Å². The molecule has 0 amide bonds. The predicted octanol–water partition coefficient (Wildman–Crippen LogP) is 2.32. The molecule has 6 nitrogen and oxygen atoms in total. The van der Waals surface area contributed by atoms with E-state index in [-0.39, 0.29) is 16.1 Å². The molecule has 2 rings (SSSR count). The van der Waals surface area contributed by atoms with Crippen LogP contribution in [0.3, 0.4) is 0 Å². The van der Waals surface area contributed by atoms with Crippen LogP contribution < -0.4 is 10.0 Å². The highest BCUT2D eigenvalue weighted by molar-refractivity contribution is 7.93. The van der Waals surface area contributed by atoms with Gasteiger partial charge in [-0.3, -0.25) is 4.72 Å². The van der Waals surface area contributed by atoms with Crippen molar-refractivity contribution in [2.75, 3.05) is 11.3 Å². The summed E-state index contributed by atoms with van der Waals surface area (Å²) in [6.07, 6.45) is 0. The van der Waals surface area contributed by atoms with E-state index in [4.69, 9.17) is 0 Å². The number of benzene rings is 1. The molecule has 0 spiro atoms. The predicted molar refractivity (Wildman–Crippen MR) is 84.0 cm³/mol. The van der Waals surface area contributed by atoms with E-state index in [2.05, 4.69) is 19.4 Å². The minimum atomic E-state index is -3.62. The summed E-state index contributed by atoms with van der Waals surface area (Å²) in [5.41, 5.74) is 1.04. The number of nitrogens with one attached hydrogen (secondary N) is 2. The average molecular weight is 326 g/mol. The van der Waals surface area contributed by atoms with E-state index in [9.17, 15) is 8.42 Å². The van der Waals surface area contributed by atoms with E-state index in [1.807, 2.05) is 26.0 Å². The molecule has 0 radical (unpaired) electrons. The van der Waals surface area contributed by atoms with Crippen LogP contribution in [0.15, 0.2) is 29.2 Å². The molecule has 21 heavy (non-hydrogen) atoms. The maximum atomic E-state index is 12.2. The van der Waals surface area contributed by atoms with E-state index in [1.54, 1.807) is 19.1 Å². The van der Waals surface area contributed by atoms with Crippen molar-refractivity contribution in [1.29, 1.82) is 0 Å². The molecule has 1 aromatic heterocycles. The van der Waals surface area contributed by atoms with Gasteiger partial charge >= 0.3 is 0 Å². The lowest BCUT2D eigenvalue weighted by atomic mass is 10.1. The second kappa shape index (κ2) is 6.50. The summed E-state index contributed by atoms with van der Waals surface area (Å²) >= 11 is 1.02. The fourth-order valence-corrected chi connectivity index (χ4v) is 3.67. The maximum Gasteiger partial charge on any atom is 0.263 e. The first-order valence-corrected chi connectivity index (χ1v) is 8.84. The quantitative estimate of drug-likeness (QED) is 0.851. The minimum Gasteiger partial charge on any atom is -0.310 e. The Bertz CT molecular complexity index is 695. The van der Waals surface area contributed by atoms with Gasteiger partial charge in [0.05, 0.1) is 4.90 Å². The van der Waals surface area contributed by atoms with Gasteiger partial charge in [-0.05, 0) is 38.1 Å². The van der Waals surface area contributed by atoms with E-state index in [0.29, 0.717) is 5.82 Å². The highest BCUT2D eigenvalue weighted by Crippen LogP contribution is 2.20. The molecule has 0 aliphatic rings. The van der Waals surface area contributed by atoms with Gasteiger partial charge in [-0.1, -0.05) is 19.1 Å². The highest BCUT2D eigenvalue weighted by Gasteiger charge is 2.16. The van der Waals surface area contributed by atoms with Crippen LogP contribution in [0.4, 0.5) is 5.13 Å². The summed E-state index contributed by atoms with van der Waals surface area (Å²) in [6.45, 7) is 6.64. The first kappa shape index (κ1) is 15.9. The Morgan fingerprint density at radius 2 is 1.95 bits per heavy atom. The van der Waals surface area contributed by atoms with E-state index >= 15 is 0 Å². The van der Waals surface area contributed by atoms with E-state index < -0.39 is 10.0 Å². The molecule has 1 atom stereocenters. The van der Waals surface area contributed by atoms with Crippen molar-refractivity contribution in [3.05, 3.63) is 35.7 Å². The van der Waals surface area contributed by atoms with E-state index in [0.717, 1.165) is 23.6 Å². The Kier molecular flexibility index (Phi) is 4.92. The van der Waals surface area contributed by atoms with Gasteiger partial charge in [0, 0.05) is 17.6 Å². The summed E-state index contributed by atoms with van der Waals surface area (Å²) < 4.78 is 30.8. The van der Waals surface area contributed by atoms with Crippen LogP contribution in [-0.4, -0.2) is 24.3 Å². The van der Waals surface area contributed by atoms with Crippen LogP contribution in [-0.2, 0) is 10.0 Å². The summed E-state index contributed by atoms with van der Waals surface area (Å²) in [7, 11) is -3.62. The van der Waals surface area contributed by atoms with Gasteiger partial charge in [0.2, 0.25) is 5.13 Å². The standard InChI is InChI=1S/C13H18N4O2S2/c1-4-14-9(2)11-5-7-12(8-6-11)21(18,19)17-13-15-10(3)16-20-13/h5-9,14H,4H2,1-3H3,(H,15,16,17). The third kappa shape index (κ3) is 3.99. The Hall–Kier alpha value is -1.51. The minimum absolute atomic E-state index is 0.186. The SMILES string of the molecule is CCNC(C)c1ccc(S(=O)(=O)Nc2nc(C)ns2)cc1. The number of aromatic nitrogens is 2. The van der Waals surface area contributed by atoms with Crippen molar-refractivity contribution in [1.82, 2.24) is 14.7 Å². The van der Waals surface area contributed by atoms with Crippen molar-refractivity contribution in [2.45, 2.75) is 31.7 Å². The van der Waals surface area contributed by atoms with Crippen molar-refractivity contribution in [2.24, 2.45) is 0 Å². The lowest BCUT2D eigenvalue weighted by Gasteiger charge is -2.13. The monoisotopic (exact) mass is 326 g/mol. The van der Waals surface area contributed by atoms with Crippen LogP contribution in [0, 0.1) is 6.92 Å². The van der Waals surface area contributed by atoms with Gasteiger partial charge in [-0.25, -0.2) is 13.4 Å². The molecular weight excluding hydrogens is 308 g/mol. The number of nitrogens with zero attached hydrogens (tertiary/aromatic N) is 2. The number of hydrogen-bond donors (Lipinski definition) is 2. The van der Waals surface area contributed by atoms with Crippen LogP contribution in [0.2, 0.25) is 0 Å². The van der Waals surface area contributed by atoms with Gasteiger partial charge in [0.25, 0.3) is 10.0 Å². The largest absolute Gasteiger partial charge is 0.310 e. The molecule has 0 aliphatic heterocycles. The van der Waals surface area contributed by atoms with E-state index in [1.165, 1.54) is 0 Å². The molecule has 1 aromatic carbocycles. The zero-order valence-electron chi connectivity index (χ0n) is 12.1. The third-order valence-electron chi connectivity index (χ3n) is 2.95. The molecule has 0 saturated carbocycles. The molecule has 8 heteroatoms. The Morgan fingerprint density at radius 3 is 2.48 bits per heavy atom. The van der Waals surface area contributed by atoms with Gasteiger partial charge in [-0.15, -0.1) is 0 Å². The number of anilines is 1. The smallest absolute Gasteiger partial charge is 0.263 e. The lowest BCUT2D eigenvalue weighted by molar-refractivity contribution is 0.594. The molecule has 1 unspecified atom stereocenters. The summed E-state index contributed by atoms with van der Waals surface area (Å²) in [5.74, 6) is 0.549. The summed E-state index contributed by atoms with van der Waals surface area (Å²) in [4.78, 5) is 4.21. The maximum absolute atomic E-state index is 12.2. The molecule has 0 aliphatic carbocycles. The molecule has 114 valence electrons. The number of sulfonamides is 1. The molecule has 2 N–H and O–H groups in total. The lowest BCUT2D eigenvalue weighted by Crippen LogP contribution is -2.18. The summed E-state index contributed by atoms with van der Waals surface area (Å²) in [6, 6.07) is 7.00. The van der Waals surface area contributed by atoms with Crippen molar-refractivity contribution < 1.29 is 8.42 Å². The summed E-state index contributed by atoms with van der Waals surface area (Å²) in [5, 5.41) is 3.56. The fourth-order valence-electron chi connectivity index (χ4n) is 1.87. The number of aryl methyl sites for hydroxylation is 1. The molecule has 0 bridgehead atoms. The topological polar surface area (TPSA) is 84.0 Å². The van der Waals surface area contributed by atoms with Crippen LogP contribution in [0.1, 0.15) is 31.3 Å². The van der Waals surface area contributed by atoms with Crippen LogP contribution >= 0.6 is 11.5 Å². The third-order valence-corrected chi connectivity index (χ3v) is 5.16. The first-order chi connectivity index (χ1) is 9.92. The number of rotatable bonds is 6. The van der Waals surface area contributed by atoms with Crippen molar-refractivity contribution in [3.63, 3.8) is 0 Å². The number of hydrogen-bond acceptors (Lipinski definition) is 6. The Balaban J connectivity index is 2.17. The van der Waals surface area contributed by atoms with Crippen LogP contribution in [0.25, 0.3) is 0 Å². The van der Waals surface area contributed by atoms with Crippen LogP contribution in [0.5, 0.6) is 0 Å². The Labute approximate surface area is 128 Å². The molecule has 1 heterocycles. The highest BCUT2D eigenvalue weighted by atomic mass is 32.2. The van der Waals surface area contributed by atoms with Gasteiger partial charge in [0.15, 0.2) is 0 Å². The van der Waals surface area contributed by atoms with Gasteiger partial charge in [-0.2, -0.15) is 4.37 Å². The zero-order chi connectivity index (χ0) is 15.5. The second-order valence-electron chi connectivity index (χ2n) is 4.60. The Morgan fingerprint density at radius 1 is 1.29 bits per heavy atom. The molecular formula is C13H18N4O2S2. The average Bonchev–Trinajstić information content (AvgIpc) is 2.84. The molecule has 2 aromatic rings. The second-order valence-corrected chi connectivity index (χ2v) is 7.03. The normalized spacial score (nSPS) is 13.1. The van der Waals surface area contributed by atoms with Crippen molar-refractivity contribution >= 4 is 26.7 Å². The van der Waals surface area contributed by atoms with Crippen molar-refractivity contribution in [3.8, 4) is 0 Å².